The standard InChI is InChI=1S/C26H27FN4O2/c1-15-11-22-17(8-10-30-26(22)32)12-20(15)23-13-21(24(27)31-25(23)28)16-4-6-18(7-5-16)33-19-3-2-9-29-14-19/h4-7,11-13,19,29H,2-3,8-10,14H2,1H3,(H2,28,31)(H,30,32)/t19-/m1/s1. The van der Waals surface area contributed by atoms with Crippen molar-refractivity contribution >= 4 is 11.7 Å². The summed E-state index contributed by atoms with van der Waals surface area (Å²) in [7, 11) is 0. The van der Waals surface area contributed by atoms with E-state index in [1.165, 1.54) is 0 Å². The fourth-order valence-electron chi connectivity index (χ4n) is 4.62. The number of aryl methyl sites for hydroxylation is 1. The number of hydrogen-bond acceptors (Lipinski definition) is 5. The highest BCUT2D eigenvalue weighted by atomic mass is 19.1. The summed E-state index contributed by atoms with van der Waals surface area (Å²) in [5.41, 5.74) is 11.3. The van der Waals surface area contributed by atoms with Crippen LogP contribution in [0.15, 0.2) is 42.5 Å². The predicted octanol–water partition coefficient (Wildman–Crippen LogP) is 3.86. The van der Waals surface area contributed by atoms with E-state index in [4.69, 9.17) is 10.5 Å². The fraction of sp³-hybridized carbons (Fsp3) is 0.308. The largest absolute Gasteiger partial charge is 0.489 e. The smallest absolute Gasteiger partial charge is 0.251 e. The summed E-state index contributed by atoms with van der Waals surface area (Å²) in [6, 6.07) is 13.0. The number of halogens is 1. The number of nitrogen functional groups attached to an aromatic ring is 1. The zero-order valence-electron chi connectivity index (χ0n) is 18.6. The Labute approximate surface area is 192 Å². The molecule has 1 aromatic heterocycles. The van der Waals surface area contributed by atoms with Gasteiger partial charge in [-0.05, 0) is 85.3 Å². The van der Waals surface area contributed by atoms with Crippen LogP contribution in [0.25, 0.3) is 22.3 Å². The third-order valence-corrected chi connectivity index (χ3v) is 6.39. The van der Waals surface area contributed by atoms with Crippen LogP contribution in [-0.2, 0) is 6.42 Å². The molecule has 0 unspecified atom stereocenters. The number of fused-ring (bicyclic) bond motifs is 1. The molecule has 0 aliphatic carbocycles. The van der Waals surface area contributed by atoms with Crippen molar-refractivity contribution in [1.82, 2.24) is 15.6 Å². The van der Waals surface area contributed by atoms with Crippen LogP contribution in [-0.4, -0.2) is 36.6 Å². The molecule has 1 fully saturated rings. The molecule has 1 atom stereocenters. The summed E-state index contributed by atoms with van der Waals surface area (Å²) in [6.45, 7) is 4.39. The highest BCUT2D eigenvalue weighted by Gasteiger charge is 2.21. The monoisotopic (exact) mass is 446 g/mol. The normalized spacial score (nSPS) is 17.9. The van der Waals surface area contributed by atoms with E-state index in [1.54, 1.807) is 6.07 Å². The van der Waals surface area contributed by atoms with Crippen LogP contribution in [0.4, 0.5) is 10.2 Å². The molecule has 6 nitrogen and oxygen atoms in total. The Morgan fingerprint density at radius 2 is 1.88 bits per heavy atom. The quantitative estimate of drug-likeness (QED) is 0.530. The number of rotatable bonds is 4. The maximum absolute atomic E-state index is 14.8. The number of amides is 1. The summed E-state index contributed by atoms with van der Waals surface area (Å²) in [5, 5.41) is 6.20. The van der Waals surface area contributed by atoms with Gasteiger partial charge >= 0.3 is 0 Å². The summed E-state index contributed by atoms with van der Waals surface area (Å²) in [5.74, 6) is 0.212. The number of carbonyl (C=O) groups is 1. The first kappa shape index (κ1) is 21.4. The first-order chi connectivity index (χ1) is 16.0. The van der Waals surface area contributed by atoms with Crippen molar-refractivity contribution < 1.29 is 13.9 Å². The first-order valence-corrected chi connectivity index (χ1v) is 11.4. The van der Waals surface area contributed by atoms with E-state index in [2.05, 4.69) is 15.6 Å². The summed E-state index contributed by atoms with van der Waals surface area (Å²) < 4.78 is 20.9. The number of aromatic nitrogens is 1. The Bertz CT molecular complexity index is 1200. The maximum Gasteiger partial charge on any atom is 0.251 e. The number of benzene rings is 2. The third kappa shape index (κ3) is 4.28. The molecule has 1 saturated heterocycles. The molecule has 3 aromatic rings. The lowest BCUT2D eigenvalue weighted by Gasteiger charge is -2.24. The van der Waals surface area contributed by atoms with Gasteiger partial charge in [0.1, 0.15) is 17.7 Å². The summed E-state index contributed by atoms with van der Waals surface area (Å²) in [4.78, 5) is 16.2. The van der Waals surface area contributed by atoms with Crippen LogP contribution in [0.2, 0.25) is 0 Å². The minimum absolute atomic E-state index is 0.0666. The van der Waals surface area contributed by atoms with Gasteiger partial charge in [-0.15, -0.1) is 0 Å². The number of carbonyl (C=O) groups excluding carboxylic acids is 1. The van der Waals surface area contributed by atoms with Crippen molar-refractivity contribution in [3.63, 3.8) is 0 Å². The third-order valence-electron chi connectivity index (χ3n) is 6.39. The van der Waals surface area contributed by atoms with E-state index in [1.807, 2.05) is 43.3 Å². The van der Waals surface area contributed by atoms with Gasteiger partial charge in [-0.3, -0.25) is 4.79 Å². The molecular weight excluding hydrogens is 419 g/mol. The molecule has 0 bridgehead atoms. The van der Waals surface area contributed by atoms with Crippen molar-refractivity contribution in [2.24, 2.45) is 0 Å². The molecule has 5 rings (SSSR count). The van der Waals surface area contributed by atoms with Crippen molar-refractivity contribution in [3.8, 4) is 28.0 Å². The minimum Gasteiger partial charge on any atom is -0.489 e. The number of nitrogens with zero attached hydrogens (tertiary/aromatic N) is 1. The van der Waals surface area contributed by atoms with Gasteiger partial charge in [-0.25, -0.2) is 4.98 Å². The zero-order valence-corrected chi connectivity index (χ0v) is 18.6. The molecule has 7 heteroatoms. The van der Waals surface area contributed by atoms with Crippen LogP contribution < -0.4 is 21.1 Å². The maximum atomic E-state index is 14.8. The Kier molecular flexibility index (Phi) is 5.72. The lowest BCUT2D eigenvalue weighted by atomic mass is 9.90. The van der Waals surface area contributed by atoms with Gasteiger partial charge in [0.2, 0.25) is 5.95 Å². The van der Waals surface area contributed by atoms with Crippen LogP contribution in [0.5, 0.6) is 5.75 Å². The van der Waals surface area contributed by atoms with Crippen molar-refractivity contribution in [2.75, 3.05) is 25.4 Å². The topological polar surface area (TPSA) is 89.3 Å². The molecule has 0 radical (unpaired) electrons. The lowest BCUT2D eigenvalue weighted by Crippen LogP contribution is -2.37. The van der Waals surface area contributed by atoms with E-state index in [9.17, 15) is 9.18 Å². The van der Waals surface area contributed by atoms with E-state index in [0.29, 0.717) is 28.8 Å². The SMILES string of the molecule is Cc1cc2c(cc1-c1cc(-c3ccc(O[C@@H]4CCCNC4)cc3)c(F)nc1N)CCNC2=O. The average molecular weight is 447 g/mol. The van der Waals surface area contributed by atoms with Crippen LogP contribution in [0, 0.1) is 12.9 Å². The zero-order chi connectivity index (χ0) is 22.9. The molecule has 4 N–H and O–H groups in total. The highest BCUT2D eigenvalue weighted by Crippen LogP contribution is 2.35. The van der Waals surface area contributed by atoms with Gasteiger partial charge in [0.15, 0.2) is 0 Å². The minimum atomic E-state index is -0.614. The highest BCUT2D eigenvalue weighted by molar-refractivity contribution is 5.98. The Morgan fingerprint density at radius 3 is 2.64 bits per heavy atom. The second-order valence-electron chi connectivity index (χ2n) is 8.70. The molecule has 0 spiro atoms. The van der Waals surface area contributed by atoms with Gasteiger partial charge in [0.25, 0.3) is 5.91 Å². The summed E-state index contributed by atoms with van der Waals surface area (Å²) >= 11 is 0. The second-order valence-corrected chi connectivity index (χ2v) is 8.70. The molecule has 2 aliphatic rings. The van der Waals surface area contributed by atoms with Crippen molar-refractivity contribution in [2.45, 2.75) is 32.3 Å². The fourth-order valence-corrected chi connectivity index (χ4v) is 4.62. The van der Waals surface area contributed by atoms with Crippen LogP contribution in [0.1, 0.15) is 34.3 Å². The van der Waals surface area contributed by atoms with Crippen molar-refractivity contribution in [3.05, 3.63) is 65.1 Å². The number of ether oxygens (including phenoxy) is 1. The van der Waals surface area contributed by atoms with E-state index in [-0.39, 0.29) is 17.8 Å². The number of nitrogens with one attached hydrogen (secondary N) is 2. The van der Waals surface area contributed by atoms with E-state index in [0.717, 1.165) is 54.8 Å². The molecule has 2 aliphatic heterocycles. The molecule has 2 aromatic carbocycles. The molecule has 1 amide bonds. The second kappa shape index (κ2) is 8.83. The Hall–Kier alpha value is -3.45. The molecule has 0 saturated carbocycles. The van der Waals surface area contributed by atoms with Crippen LogP contribution in [0.3, 0.4) is 0 Å². The molecule has 33 heavy (non-hydrogen) atoms. The summed E-state index contributed by atoms with van der Waals surface area (Å²) in [6.07, 6.45) is 3.02. The van der Waals surface area contributed by atoms with E-state index < -0.39 is 5.95 Å². The number of anilines is 1. The van der Waals surface area contributed by atoms with Crippen molar-refractivity contribution in [1.29, 1.82) is 0 Å². The van der Waals surface area contributed by atoms with Gasteiger partial charge in [-0.2, -0.15) is 4.39 Å². The number of hydrogen-bond donors (Lipinski definition) is 3. The number of pyridine rings is 1. The van der Waals surface area contributed by atoms with Gasteiger partial charge < -0.3 is 21.1 Å². The lowest BCUT2D eigenvalue weighted by molar-refractivity contribution is 0.0946. The molecule has 3 heterocycles. The van der Waals surface area contributed by atoms with Gasteiger partial charge in [-0.1, -0.05) is 12.1 Å². The number of piperidine rings is 1. The Morgan fingerprint density at radius 1 is 1.06 bits per heavy atom. The van der Waals surface area contributed by atoms with Gasteiger partial charge in [0, 0.05) is 29.8 Å². The van der Waals surface area contributed by atoms with Crippen LogP contribution >= 0.6 is 0 Å². The molecule has 170 valence electrons. The average Bonchev–Trinajstić information content (AvgIpc) is 2.81. The Balaban J connectivity index is 1.48. The predicted molar refractivity (Wildman–Crippen MR) is 127 cm³/mol. The number of nitrogens with two attached hydrogens (primary N) is 1. The van der Waals surface area contributed by atoms with E-state index >= 15 is 0 Å². The molecular formula is C26H27FN4O2. The van der Waals surface area contributed by atoms with Gasteiger partial charge in [0.05, 0.1) is 0 Å². The first-order valence-electron chi connectivity index (χ1n) is 11.4.